The molecule has 25 heavy (non-hydrogen) atoms. The number of aryl methyl sites for hydroxylation is 1. The van der Waals surface area contributed by atoms with Crippen molar-refractivity contribution in [3.63, 3.8) is 0 Å². The van der Waals surface area contributed by atoms with Gasteiger partial charge in [0, 0.05) is 5.69 Å². The predicted molar refractivity (Wildman–Crippen MR) is 103 cm³/mol. The molecule has 130 valence electrons. The number of benzene rings is 2. The average Bonchev–Trinajstić information content (AvgIpc) is 2.94. The van der Waals surface area contributed by atoms with Gasteiger partial charge >= 0.3 is 0 Å². The van der Waals surface area contributed by atoms with Gasteiger partial charge in [-0.25, -0.2) is 0 Å². The van der Waals surface area contributed by atoms with E-state index in [1.54, 1.807) is 0 Å². The Kier molecular flexibility index (Phi) is 4.77. The maximum Gasteiger partial charge on any atom is 0.199 e. The second-order valence-corrected chi connectivity index (χ2v) is 7.57. The number of hydrogen-bond donors (Lipinski definition) is 1. The van der Waals surface area contributed by atoms with E-state index in [1.165, 1.54) is 11.1 Å². The summed E-state index contributed by atoms with van der Waals surface area (Å²) in [6.45, 7) is 8.99. The van der Waals surface area contributed by atoms with Crippen molar-refractivity contribution in [2.75, 3.05) is 0 Å². The minimum absolute atomic E-state index is 0.131. The lowest BCUT2D eigenvalue weighted by molar-refractivity contribution is 0.293. The molecule has 0 atom stereocenters. The molecule has 5 heteroatoms. The van der Waals surface area contributed by atoms with E-state index < -0.39 is 0 Å². The third kappa shape index (κ3) is 3.99. The zero-order valence-corrected chi connectivity index (χ0v) is 15.9. The molecule has 0 radical (unpaired) electrons. The third-order valence-electron chi connectivity index (χ3n) is 4.12. The van der Waals surface area contributed by atoms with Crippen molar-refractivity contribution in [2.45, 2.75) is 39.7 Å². The Hall–Kier alpha value is -2.40. The van der Waals surface area contributed by atoms with E-state index in [2.05, 4.69) is 62.2 Å². The number of ether oxygens (including phenoxy) is 1. The van der Waals surface area contributed by atoms with Crippen LogP contribution in [0.4, 0.5) is 0 Å². The maximum atomic E-state index is 5.91. The van der Waals surface area contributed by atoms with Gasteiger partial charge in [0.15, 0.2) is 10.6 Å². The first-order valence-corrected chi connectivity index (χ1v) is 8.72. The van der Waals surface area contributed by atoms with E-state index in [0.29, 0.717) is 11.4 Å². The molecule has 0 unspecified atom stereocenters. The van der Waals surface area contributed by atoms with Gasteiger partial charge in [-0.1, -0.05) is 50.6 Å². The Morgan fingerprint density at radius 3 is 2.28 bits per heavy atom. The van der Waals surface area contributed by atoms with Gasteiger partial charge in [0.05, 0.1) is 0 Å². The molecule has 0 bridgehead atoms. The van der Waals surface area contributed by atoms with E-state index in [0.717, 1.165) is 17.3 Å². The van der Waals surface area contributed by atoms with Crippen LogP contribution in [0.3, 0.4) is 0 Å². The summed E-state index contributed by atoms with van der Waals surface area (Å²) in [7, 11) is 0. The van der Waals surface area contributed by atoms with Crippen LogP contribution in [-0.4, -0.2) is 14.8 Å². The maximum absolute atomic E-state index is 5.91. The first-order chi connectivity index (χ1) is 11.8. The van der Waals surface area contributed by atoms with Crippen molar-refractivity contribution in [1.29, 1.82) is 0 Å². The fourth-order valence-electron chi connectivity index (χ4n) is 2.59. The molecule has 1 aromatic heterocycles. The van der Waals surface area contributed by atoms with Gasteiger partial charge in [-0.05, 0) is 54.4 Å². The lowest BCUT2D eigenvalue weighted by atomic mass is 9.87. The minimum atomic E-state index is 0.131. The van der Waals surface area contributed by atoms with Gasteiger partial charge in [-0.2, -0.15) is 5.10 Å². The molecule has 4 nitrogen and oxygen atoms in total. The van der Waals surface area contributed by atoms with Crippen LogP contribution in [0.1, 0.15) is 37.7 Å². The molecule has 0 saturated carbocycles. The van der Waals surface area contributed by atoms with E-state index >= 15 is 0 Å². The second kappa shape index (κ2) is 6.84. The Bertz CT molecular complexity index is 900. The molecular formula is C20H23N3OS. The molecule has 1 heterocycles. The Morgan fingerprint density at radius 1 is 1.04 bits per heavy atom. The molecule has 0 saturated heterocycles. The van der Waals surface area contributed by atoms with Crippen LogP contribution in [0.15, 0.2) is 48.5 Å². The van der Waals surface area contributed by atoms with Gasteiger partial charge in [0.1, 0.15) is 12.4 Å². The Balaban J connectivity index is 1.78. The smallest absolute Gasteiger partial charge is 0.199 e. The summed E-state index contributed by atoms with van der Waals surface area (Å²) < 4.78 is 8.37. The molecule has 3 rings (SSSR count). The number of rotatable bonds is 4. The molecule has 0 aliphatic carbocycles. The summed E-state index contributed by atoms with van der Waals surface area (Å²) >= 11 is 5.37. The summed E-state index contributed by atoms with van der Waals surface area (Å²) in [5.74, 6) is 1.56. The highest BCUT2D eigenvalue weighted by molar-refractivity contribution is 7.71. The lowest BCUT2D eigenvalue weighted by Gasteiger charge is -2.19. The van der Waals surface area contributed by atoms with Crippen LogP contribution in [0.5, 0.6) is 5.75 Å². The van der Waals surface area contributed by atoms with Crippen molar-refractivity contribution in [3.8, 4) is 11.4 Å². The molecule has 0 aliphatic heterocycles. The summed E-state index contributed by atoms with van der Waals surface area (Å²) in [6.07, 6.45) is 0. The average molecular weight is 353 g/mol. The molecular weight excluding hydrogens is 330 g/mol. The summed E-state index contributed by atoms with van der Waals surface area (Å²) in [5, 5.41) is 7.16. The fourth-order valence-corrected chi connectivity index (χ4v) is 2.84. The van der Waals surface area contributed by atoms with Gasteiger partial charge in [-0.15, -0.1) is 0 Å². The Labute approximate surface area is 153 Å². The highest BCUT2D eigenvalue weighted by Gasteiger charge is 2.13. The first kappa shape index (κ1) is 17.4. The van der Waals surface area contributed by atoms with Gasteiger partial charge in [-0.3, -0.25) is 9.67 Å². The van der Waals surface area contributed by atoms with Crippen molar-refractivity contribution in [3.05, 3.63) is 70.3 Å². The number of aromatic nitrogens is 3. The second-order valence-electron chi connectivity index (χ2n) is 7.18. The zero-order valence-electron chi connectivity index (χ0n) is 15.0. The monoisotopic (exact) mass is 353 g/mol. The van der Waals surface area contributed by atoms with E-state index in [-0.39, 0.29) is 5.41 Å². The molecule has 0 amide bonds. The summed E-state index contributed by atoms with van der Waals surface area (Å²) in [4.78, 5) is 0. The number of hydrogen-bond acceptors (Lipinski definition) is 3. The molecule has 0 fully saturated rings. The highest BCUT2D eigenvalue weighted by Crippen LogP contribution is 2.24. The van der Waals surface area contributed by atoms with Gasteiger partial charge in [0.25, 0.3) is 0 Å². The number of nitrogens with one attached hydrogen (secondary N) is 1. The first-order valence-electron chi connectivity index (χ1n) is 8.31. The molecule has 0 spiro atoms. The normalized spacial score (nSPS) is 11.5. The minimum Gasteiger partial charge on any atom is -0.486 e. The van der Waals surface area contributed by atoms with Crippen molar-refractivity contribution < 1.29 is 4.74 Å². The standard InChI is InChI=1S/C20H23N3OS/c1-14-5-9-16(10-6-14)23-18(21-22-19(23)25)13-24-17-11-7-15(8-12-17)20(2,3)4/h5-12H,13H2,1-4H3,(H,22,25). The van der Waals surface area contributed by atoms with Crippen LogP contribution in [0.25, 0.3) is 5.69 Å². The van der Waals surface area contributed by atoms with E-state index in [9.17, 15) is 0 Å². The summed E-state index contributed by atoms with van der Waals surface area (Å²) in [6, 6.07) is 16.4. The third-order valence-corrected chi connectivity index (χ3v) is 4.40. The number of H-pyrrole nitrogens is 1. The SMILES string of the molecule is Cc1ccc(-n2c(COc3ccc(C(C)(C)C)cc3)n[nH]c2=S)cc1. The van der Waals surface area contributed by atoms with Gasteiger partial charge < -0.3 is 4.74 Å². The van der Waals surface area contributed by atoms with Crippen molar-refractivity contribution in [1.82, 2.24) is 14.8 Å². The topological polar surface area (TPSA) is 42.8 Å². The predicted octanol–water partition coefficient (Wildman–Crippen LogP) is 5.11. The van der Waals surface area contributed by atoms with Gasteiger partial charge in [0.2, 0.25) is 0 Å². The summed E-state index contributed by atoms with van der Waals surface area (Å²) in [5.41, 5.74) is 3.59. The van der Waals surface area contributed by atoms with Crippen LogP contribution in [-0.2, 0) is 12.0 Å². The van der Waals surface area contributed by atoms with Crippen LogP contribution < -0.4 is 4.74 Å². The molecule has 1 N–H and O–H groups in total. The largest absolute Gasteiger partial charge is 0.486 e. The van der Waals surface area contributed by atoms with E-state index in [4.69, 9.17) is 17.0 Å². The lowest BCUT2D eigenvalue weighted by Crippen LogP contribution is -2.10. The van der Waals surface area contributed by atoms with Crippen molar-refractivity contribution >= 4 is 12.2 Å². The fraction of sp³-hybridized carbons (Fsp3) is 0.300. The molecule has 3 aromatic rings. The van der Waals surface area contributed by atoms with Crippen LogP contribution >= 0.6 is 12.2 Å². The zero-order chi connectivity index (χ0) is 18.0. The molecule has 0 aliphatic rings. The van der Waals surface area contributed by atoms with Crippen LogP contribution in [0, 0.1) is 11.7 Å². The van der Waals surface area contributed by atoms with E-state index in [1.807, 2.05) is 28.8 Å². The molecule has 2 aromatic carbocycles. The number of nitrogens with zero attached hydrogens (tertiary/aromatic N) is 2. The van der Waals surface area contributed by atoms with Crippen molar-refractivity contribution in [2.24, 2.45) is 0 Å². The quantitative estimate of drug-likeness (QED) is 0.662. The number of aromatic amines is 1. The van der Waals surface area contributed by atoms with Crippen LogP contribution in [0.2, 0.25) is 0 Å². The Morgan fingerprint density at radius 2 is 1.68 bits per heavy atom. The highest BCUT2D eigenvalue weighted by atomic mass is 32.1.